The van der Waals surface area contributed by atoms with Crippen molar-refractivity contribution in [3.8, 4) is 0 Å². The van der Waals surface area contributed by atoms with Crippen LogP contribution in [0.4, 0.5) is 0 Å². The summed E-state index contributed by atoms with van der Waals surface area (Å²) in [6, 6.07) is 0. The summed E-state index contributed by atoms with van der Waals surface area (Å²) in [6.45, 7) is 3.83. The largest absolute Gasteiger partial charge is 0.367 e. The summed E-state index contributed by atoms with van der Waals surface area (Å²) in [7, 11) is 0. The molecular weight excluding hydrogens is 384 g/mol. The summed E-state index contributed by atoms with van der Waals surface area (Å²) in [5.74, 6) is 4.08. The molecule has 6 heteroatoms. The maximum Gasteiger partial charge on any atom is 0.248 e. The van der Waals surface area contributed by atoms with Crippen molar-refractivity contribution in [2.24, 2.45) is 23.2 Å². The third-order valence-corrected chi connectivity index (χ3v) is 10.4. The molecule has 29 heavy (non-hydrogen) atoms. The van der Waals surface area contributed by atoms with Crippen molar-refractivity contribution in [2.45, 2.75) is 68.6 Å². The zero-order valence-electron chi connectivity index (χ0n) is 17.4. The molecule has 7 fully saturated rings. The molecular formula is C23H34N2O3S. The summed E-state index contributed by atoms with van der Waals surface area (Å²) in [4.78, 5) is 29.8. The van der Waals surface area contributed by atoms with Crippen LogP contribution in [0.15, 0.2) is 0 Å². The summed E-state index contributed by atoms with van der Waals surface area (Å²) < 4.78 is 6.18. The van der Waals surface area contributed by atoms with Crippen molar-refractivity contribution >= 4 is 23.6 Å². The molecule has 1 atom stereocenters. The van der Waals surface area contributed by atoms with E-state index in [1.54, 1.807) is 0 Å². The SMILES string of the molecule is O=C(CO[C@@H]1CSC2(C1)CN(C(=O)C13CC4CC(CC(C4)C1)C3)C2)N1CCCC1. The monoisotopic (exact) mass is 418 g/mol. The molecule has 3 heterocycles. The lowest BCUT2D eigenvalue weighted by Crippen LogP contribution is -2.65. The van der Waals surface area contributed by atoms with Crippen LogP contribution in [-0.4, -0.2) is 71.0 Å². The van der Waals surface area contributed by atoms with Crippen LogP contribution in [0, 0.1) is 23.2 Å². The van der Waals surface area contributed by atoms with Gasteiger partial charge in [-0.05, 0) is 75.5 Å². The summed E-state index contributed by atoms with van der Waals surface area (Å²) in [6.07, 6.45) is 11.1. The third kappa shape index (κ3) is 3.24. The number of hydrogen-bond acceptors (Lipinski definition) is 4. The predicted octanol–water partition coefficient (Wildman–Crippen LogP) is 2.93. The van der Waals surface area contributed by atoms with Crippen LogP contribution in [0.5, 0.6) is 0 Å². The summed E-state index contributed by atoms with van der Waals surface area (Å²) in [5, 5.41) is 0. The first-order valence-corrected chi connectivity index (χ1v) is 12.8. The molecule has 1 spiro atoms. The Morgan fingerprint density at radius 3 is 2.14 bits per heavy atom. The molecule has 2 amide bonds. The van der Waals surface area contributed by atoms with Gasteiger partial charge in [0.25, 0.3) is 0 Å². The van der Waals surface area contributed by atoms with Crippen molar-refractivity contribution in [1.82, 2.24) is 9.80 Å². The van der Waals surface area contributed by atoms with Gasteiger partial charge in [0.1, 0.15) is 6.61 Å². The van der Waals surface area contributed by atoms with Crippen molar-refractivity contribution < 1.29 is 14.3 Å². The molecule has 0 radical (unpaired) electrons. The maximum absolute atomic E-state index is 13.5. The Bertz CT molecular complexity index is 663. The van der Waals surface area contributed by atoms with E-state index in [1.165, 1.54) is 38.5 Å². The van der Waals surface area contributed by atoms with Crippen molar-refractivity contribution in [1.29, 1.82) is 0 Å². The van der Waals surface area contributed by atoms with Crippen molar-refractivity contribution in [2.75, 3.05) is 38.5 Å². The molecule has 0 aromatic rings. The van der Waals surface area contributed by atoms with Gasteiger partial charge >= 0.3 is 0 Å². The normalized spacial score (nSPS) is 41.9. The Hall–Kier alpha value is -0.750. The number of hydrogen-bond donors (Lipinski definition) is 0. The van der Waals surface area contributed by atoms with Crippen LogP contribution in [0.2, 0.25) is 0 Å². The Balaban J connectivity index is 1.01. The molecule has 4 aliphatic carbocycles. The Morgan fingerprint density at radius 1 is 0.897 bits per heavy atom. The van der Waals surface area contributed by atoms with Crippen LogP contribution < -0.4 is 0 Å². The van der Waals surface area contributed by atoms with Gasteiger partial charge in [-0.15, -0.1) is 11.8 Å². The van der Waals surface area contributed by atoms with Crippen LogP contribution in [0.25, 0.3) is 0 Å². The van der Waals surface area contributed by atoms with E-state index in [9.17, 15) is 9.59 Å². The van der Waals surface area contributed by atoms with Gasteiger partial charge in [-0.1, -0.05) is 0 Å². The Kier molecular flexibility index (Phi) is 4.50. The molecule has 3 aliphatic heterocycles. The fourth-order valence-corrected chi connectivity index (χ4v) is 9.43. The highest BCUT2D eigenvalue weighted by Gasteiger charge is 2.59. The molecule has 4 bridgehead atoms. The van der Waals surface area contributed by atoms with Gasteiger partial charge in [0.05, 0.1) is 16.3 Å². The van der Waals surface area contributed by atoms with Gasteiger partial charge in [-0.25, -0.2) is 0 Å². The van der Waals surface area contributed by atoms with Gasteiger partial charge in [-0.3, -0.25) is 9.59 Å². The molecule has 0 N–H and O–H groups in total. The standard InChI is InChI=1S/C23H34N2O3S/c26-20(24-3-1-2-4-24)12-28-19-11-23(29-13-19)14-25(15-23)21(27)22-8-16-5-17(9-22)7-18(6-16)10-22/h16-19H,1-15H2/t16?,17?,18?,19-,22?/m0/s1. The molecule has 3 saturated heterocycles. The van der Waals surface area contributed by atoms with E-state index in [2.05, 4.69) is 4.90 Å². The van der Waals surface area contributed by atoms with E-state index in [0.717, 1.165) is 68.9 Å². The average molecular weight is 419 g/mol. The van der Waals surface area contributed by atoms with Crippen molar-refractivity contribution in [3.63, 3.8) is 0 Å². The van der Waals surface area contributed by atoms with Crippen LogP contribution >= 0.6 is 11.8 Å². The molecule has 4 saturated carbocycles. The fraction of sp³-hybridized carbons (Fsp3) is 0.913. The Morgan fingerprint density at radius 2 is 1.52 bits per heavy atom. The second-order valence-corrected chi connectivity index (χ2v) is 12.6. The van der Waals surface area contributed by atoms with Gasteiger partial charge in [-0.2, -0.15) is 0 Å². The minimum Gasteiger partial charge on any atom is -0.367 e. The molecule has 5 nitrogen and oxygen atoms in total. The minimum atomic E-state index is -0.00230. The lowest BCUT2D eigenvalue weighted by atomic mass is 9.49. The summed E-state index contributed by atoms with van der Waals surface area (Å²) in [5.41, 5.74) is -0.00230. The van der Waals surface area contributed by atoms with Crippen molar-refractivity contribution in [3.05, 3.63) is 0 Å². The quantitative estimate of drug-likeness (QED) is 0.704. The van der Waals surface area contributed by atoms with Gasteiger partial charge in [0, 0.05) is 31.9 Å². The number of ether oxygens (including phenoxy) is 1. The smallest absolute Gasteiger partial charge is 0.248 e. The van der Waals surface area contributed by atoms with E-state index in [1.807, 2.05) is 16.7 Å². The zero-order valence-corrected chi connectivity index (χ0v) is 18.3. The fourth-order valence-electron chi connectivity index (χ4n) is 7.88. The van der Waals surface area contributed by atoms with E-state index in [0.29, 0.717) is 5.91 Å². The average Bonchev–Trinajstić information content (AvgIpc) is 3.33. The van der Waals surface area contributed by atoms with E-state index in [-0.39, 0.29) is 28.8 Å². The summed E-state index contributed by atoms with van der Waals surface area (Å²) >= 11 is 1.98. The highest BCUT2D eigenvalue weighted by molar-refractivity contribution is 8.01. The number of amides is 2. The van der Waals surface area contributed by atoms with E-state index >= 15 is 0 Å². The number of thioether (sulfide) groups is 1. The molecule has 0 aromatic heterocycles. The predicted molar refractivity (Wildman–Crippen MR) is 113 cm³/mol. The Labute approximate surface area is 178 Å². The molecule has 0 unspecified atom stereocenters. The lowest BCUT2D eigenvalue weighted by molar-refractivity contribution is -0.163. The second kappa shape index (κ2) is 6.88. The van der Waals surface area contributed by atoms with Crippen LogP contribution in [0.3, 0.4) is 0 Å². The molecule has 0 aromatic carbocycles. The minimum absolute atomic E-state index is 0.00230. The maximum atomic E-state index is 13.5. The third-order valence-electron chi connectivity index (χ3n) is 8.81. The van der Waals surface area contributed by atoms with Gasteiger partial charge in [0.2, 0.25) is 11.8 Å². The number of nitrogens with zero attached hydrogens (tertiary/aromatic N) is 2. The molecule has 160 valence electrons. The van der Waals surface area contributed by atoms with E-state index < -0.39 is 0 Å². The highest BCUT2D eigenvalue weighted by Crippen LogP contribution is 2.61. The van der Waals surface area contributed by atoms with Crippen LogP contribution in [-0.2, 0) is 14.3 Å². The highest BCUT2D eigenvalue weighted by atomic mass is 32.2. The molecule has 7 aliphatic rings. The first-order chi connectivity index (χ1) is 14.0. The second-order valence-electron chi connectivity index (χ2n) is 11.1. The number of likely N-dealkylation sites (tertiary alicyclic amines) is 2. The van der Waals surface area contributed by atoms with Gasteiger partial charge in [0.15, 0.2) is 0 Å². The van der Waals surface area contributed by atoms with E-state index in [4.69, 9.17) is 4.74 Å². The first kappa shape index (κ1) is 19.0. The van der Waals surface area contributed by atoms with Crippen LogP contribution in [0.1, 0.15) is 57.8 Å². The number of carbonyl (C=O) groups is 2. The number of carbonyl (C=O) groups excluding carboxylic acids is 2. The molecule has 7 rings (SSSR count). The van der Waals surface area contributed by atoms with Gasteiger partial charge < -0.3 is 14.5 Å². The lowest BCUT2D eigenvalue weighted by Gasteiger charge is -2.59. The zero-order chi connectivity index (χ0) is 19.6. The first-order valence-electron chi connectivity index (χ1n) is 11.9. The number of rotatable bonds is 4. The topological polar surface area (TPSA) is 49.9 Å².